The number of benzene rings is 2. The van der Waals surface area contributed by atoms with E-state index in [1.807, 2.05) is 70.2 Å². The van der Waals surface area contributed by atoms with E-state index in [0.717, 1.165) is 33.8 Å². The highest BCUT2D eigenvalue weighted by molar-refractivity contribution is 6.00. The molecule has 1 heterocycles. The predicted octanol–water partition coefficient (Wildman–Crippen LogP) is 3.73. The Morgan fingerprint density at radius 3 is 2.28 bits per heavy atom. The van der Waals surface area contributed by atoms with Crippen LogP contribution in [0.25, 0.3) is 5.69 Å². The van der Waals surface area contributed by atoms with Gasteiger partial charge in [0.15, 0.2) is 0 Å². The van der Waals surface area contributed by atoms with Crippen LogP contribution in [0, 0.1) is 20.8 Å². The van der Waals surface area contributed by atoms with Gasteiger partial charge in [-0.3, -0.25) is 9.59 Å². The average molecular weight is 390 g/mol. The molecule has 0 aliphatic carbocycles. The summed E-state index contributed by atoms with van der Waals surface area (Å²) in [5, 5.41) is 9.96. The van der Waals surface area contributed by atoms with Gasteiger partial charge in [0.25, 0.3) is 5.91 Å². The number of carbonyl (C=O) groups excluding carboxylic acids is 2. The first-order valence-corrected chi connectivity index (χ1v) is 9.69. The number of hydrogen-bond donors (Lipinski definition) is 2. The van der Waals surface area contributed by atoms with E-state index >= 15 is 0 Å². The highest BCUT2D eigenvalue weighted by Crippen LogP contribution is 2.19. The number of aryl methyl sites for hydroxylation is 3. The Hall–Kier alpha value is -3.41. The van der Waals surface area contributed by atoms with Gasteiger partial charge in [0.1, 0.15) is 0 Å². The molecule has 0 spiro atoms. The van der Waals surface area contributed by atoms with E-state index in [0.29, 0.717) is 12.0 Å². The summed E-state index contributed by atoms with van der Waals surface area (Å²) in [5.74, 6) is -0.573. The molecule has 6 nitrogen and oxygen atoms in total. The SMILES string of the molecule is CCc1c(C(=O)NCC(=O)Nc2c(C)cccc2C)cnn1-c1ccc(C)cc1. The second kappa shape index (κ2) is 8.73. The van der Waals surface area contributed by atoms with E-state index < -0.39 is 0 Å². The molecule has 0 saturated heterocycles. The molecule has 0 fully saturated rings. The van der Waals surface area contributed by atoms with E-state index in [-0.39, 0.29) is 18.4 Å². The summed E-state index contributed by atoms with van der Waals surface area (Å²) in [6.45, 7) is 7.77. The lowest BCUT2D eigenvalue weighted by molar-refractivity contribution is -0.115. The summed E-state index contributed by atoms with van der Waals surface area (Å²) in [6.07, 6.45) is 2.20. The fourth-order valence-corrected chi connectivity index (χ4v) is 3.26. The van der Waals surface area contributed by atoms with E-state index in [4.69, 9.17) is 0 Å². The summed E-state index contributed by atoms with van der Waals surface area (Å²) in [7, 11) is 0. The molecule has 0 aliphatic rings. The summed E-state index contributed by atoms with van der Waals surface area (Å²) in [6, 6.07) is 13.8. The van der Waals surface area contributed by atoms with Gasteiger partial charge in [-0.2, -0.15) is 5.10 Å². The lowest BCUT2D eigenvalue weighted by atomic mass is 10.1. The molecular formula is C23H26N4O2. The molecule has 1 aromatic heterocycles. The zero-order chi connectivity index (χ0) is 21.0. The minimum atomic E-state index is -0.308. The van der Waals surface area contributed by atoms with Gasteiger partial charge < -0.3 is 10.6 Å². The number of carbonyl (C=O) groups is 2. The van der Waals surface area contributed by atoms with Gasteiger partial charge in [0, 0.05) is 5.69 Å². The van der Waals surface area contributed by atoms with Crippen molar-refractivity contribution in [2.75, 3.05) is 11.9 Å². The lowest BCUT2D eigenvalue weighted by Crippen LogP contribution is -2.33. The van der Waals surface area contributed by atoms with Crippen LogP contribution in [0.4, 0.5) is 5.69 Å². The molecule has 3 rings (SSSR count). The van der Waals surface area contributed by atoms with Crippen molar-refractivity contribution >= 4 is 17.5 Å². The van der Waals surface area contributed by atoms with Crippen molar-refractivity contribution in [3.63, 3.8) is 0 Å². The van der Waals surface area contributed by atoms with Crippen LogP contribution in [-0.4, -0.2) is 28.1 Å². The van der Waals surface area contributed by atoms with Gasteiger partial charge in [-0.25, -0.2) is 4.68 Å². The number of amides is 2. The smallest absolute Gasteiger partial charge is 0.255 e. The third-order valence-corrected chi connectivity index (χ3v) is 4.88. The van der Waals surface area contributed by atoms with Crippen LogP contribution in [0.1, 0.15) is 39.7 Å². The van der Waals surface area contributed by atoms with Crippen LogP contribution in [0.2, 0.25) is 0 Å². The van der Waals surface area contributed by atoms with Crippen molar-refractivity contribution < 1.29 is 9.59 Å². The van der Waals surface area contributed by atoms with Crippen LogP contribution in [0.15, 0.2) is 48.7 Å². The molecule has 0 unspecified atom stereocenters. The highest BCUT2D eigenvalue weighted by atomic mass is 16.2. The van der Waals surface area contributed by atoms with Gasteiger partial charge in [0.2, 0.25) is 5.91 Å². The zero-order valence-electron chi connectivity index (χ0n) is 17.2. The van der Waals surface area contributed by atoms with E-state index in [1.54, 1.807) is 10.9 Å². The predicted molar refractivity (Wildman–Crippen MR) is 115 cm³/mol. The van der Waals surface area contributed by atoms with E-state index in [9.17, 15) is 9.59 Å². The highest BCUT2D eigenvalue weighted by Gasteiger charge is 2.18. The zero-order valence-corrected chi connectivity index (χ0v) is 17.2. The van der Waals surface area contributed by atoms with E-state index in [2.05, 4.69) is 15.7 Å². The summed E-state index contributed by atoms with van der Waals surface area (Å²) < 4.78 is 1.77. The Balaban J connectivity index is 1.69. The molecule has 0 saturated carbocycles. The van der Waals surface area contributed by atoms with Crippen LogP contribution >= 0.6 is 0 Å². The van der Waals surface area contributed by atoms with Gasteiger partial charge in [0.05, 0.1) is 29.7 Å². The molecule has 2 amide bonds. The number of rotatable bonds is 6. The molecule has 3 aromatic rings. The Labute approximate surface area is 170 Å². The Morgan fingerprint density at radius 1 is 1.00 bits per heavy atom. The number of hydrogen-bond acceptors (Lipinski definition) is 3. The van der Waals surface area contributed by atoms with Crippen molar-refractivity contribution in [2.45, 2.75) is 34.1 Å². The minimum absolute atomic E-state index is 0.106. The summed E-state index contributed by atoms with van der Waals surface area (Å²) >= 11 is 0. The first-order chi connectivity index (χ1) is 13.9. The molecule has 2 N–H and O–H groups in total. The van der Waals surface area contributed by atoms with Crippen molar-refractivity contribution in [3.8, 4) is 5.69 Å². The molecule has 2 aromatic carbocycles. The number of nitrogens with one attached hydrogen (secondary N) is 2. The van der Waals surface area contributed by atoms with Gasteiger partial charge in [-0.15, -0.1) is 0 Å². The quantitative estimate of drug-likeness (QED) is 0.673. The average Bonchev–Trinajstić information content (AvgIpc) is 3.13. The molecule has 0 radical (unpaired) electrons. The first kappa shape index (κ1) is 20.3. The molecule has 29 heavy (non-hydrogen) atoms. The second-order valence-corrected chi connectivity index (χ2v) is 7.10. The first-order valence-electron chi connectivity index (χ1n) is 9.69. The fourth-order valence-electron chi connectivity index (χ4n) is 3.26. The third kappa shape index (κ3) is 4.54. The van der Waals surface area contributed by atoms with Crippen molar-refractivity contribution in [2.24, 2.45) is 0 Å². The minimum Gasteiger partial charge on any atom is -0.343 e. The van der Waals surface area contributed by atoms with Crippen LogP contribution in [0.3, 0.4) is 0 Å². The maximum atomic E-state index is 12.7. The standard InChI is InChI=1S/C23H26N4O2/c1-5-20-19(13-25-27(20)18-11-9-15(2)10-12-18)23(29)24-14-21(28)26-22-16(3)7-6-8-17(22)4/h6-13H,5,14H2,1-4H3,(H,24,29)(H,26,28). The second-order valence-electron chi connectivity index (χ2n) is 7.10. The number of aromatic nitrogens is 2. The van der Waals surface area contributed by atoms with Crippen molar-refractivity contribution in [1.29, 1.82) is 0 Å². The largest absolute Gasteiger partial charge is 0.343 e. The number of nitrogens with zero attached hydrogens (tertiary/aromatic N) is 2. The number of anilines is 1. The lowest BCUT2D eigenvalue weighted by Gasteiger charge is -2.12. The maximum Gasteiger partial charge on any atom is 0.255 e. The Morgan fingerprint density at radius 2 is 1.66 bits per heavy atom. The number of para-hydroxylation sites is 1. The topological polar surface area (TPSA) is 76.0 Å². The van der Waals surface area contributed by atoms with Gasteiger partial charge in [-0.1, -0.05) is 42.8 Å². The Kier molecular flexibility index (Phi) is 6.12. The normalized spacial score (nSPS) is 10.6. The molecule has 0 aliphatic heterocycles. The maximum absolute atomic E-state index is 12.7. The molecule has 6 heteroatoms. The van der Waals surface area contributed by atoms with Crippen molar-refractivity contribution in [3.05, 3.63) is 76.6 Å². The van der Waals surface area contributed by atoms with Gasteiger partial charge >= 0.3 is 0 Å². The van der Waals surface area contributed by atoms with Crippen LogP contribution < -0.4 is 10.6 Å². The molecule has 0 bridgehead atoms. The molecular weight excluding hydrogens is 364 g/mol. The van der Waals surface area contributed by atoms with E-state index in [1.165, 1.54) is 0 Å². The van der Waals surface area contributed by atoms with Crippen LogP contribution in [0.5, 0.6) is 0 Å². The molecule has 150 valence electrons. The summed E-state index contributed by atoms with van der Waals surface area (Å²) in [4.78, 5) is 25.0. The third-order valence-electron chi connectivity index (χ3n) is 4.88. The van der Waals surface area contributed by atoms with Crippen molar-refractivity contribution in [1.82, 2.24) is 15.1 Å². The monoisotopic (exact) mass is 390 g/mol. The Bertz CT molecular complexity index is 1020. The van der Waals surface area contributed by atoms with Gasteiger partial charge in [-0.05, 0) is 50.5 Å². The van der Waals surface area contributed by atoms with Crippen LogP contribution in [-0.2, 0) is 11.2 Å². The summed E-state index contributed by atoms with van der Waals surface area (Å²) in [5.41, 5.74) is 6.10. The fraction of sp³-hybridized carbons (Fsp3) is 0.261. The molecule has 0 atom stereocenters.